The molecule has 0 bridgehead atoms. The zero-order valence-corrected chi connectivity index (χ0v) is 24.6. The smallest absolute Gasteiger partial charge is 0.0845 e. The molecule has 3 nitrogen and oxygen atoms in total. The highest BCUT2D eigenvalue weighted by Crippen LogP contribution is 2.12. The molecular formula is C33H59N3. The van der Waals surface area contributed by atoms with Crippen LogP contribution in [0.2, 0.25) is 0 Å². The summed E-state index contributed by atoms with van der Waals surface area (Å²) in [6.45, 7) is 10.6. The number of aliphatic imine (C=N–C) groups is 2. The van der Waals surface area contributed by atoms with Gasteiger partial charge in [-0.2, -0.15) is 0 Å². The number of nitrogens with zero attached hydrogens (tertiary/aromatic N) is 3. The summed E-state index contributed by atoms with van der Waals surface area (Å²) < 4.78 is 0. The number of hydrogen-bond acceptors (Lipinski definition) is 3. The van der Waals surface area contributed by atoms with Crippen LogP contribution < -0.4 is 0 Å². The van der Waals surface area contributed by atoms with Gasteiger partial charge < -0.3 is 0 Å². The maximum Gasteiger partial charge on any atom is 0.0845 e. The lowest BCUT2D eigenvalue weighted by Gasteiger charge is -2.06. The van der Waals surface area contributed by atoms with Gasteiger partial charge in [0.1, 0.15) is 0 Å². The zero-order valence-electron chi connectivity index (χ0n) is 24.6. The Kier molecular flexibility index (Phi) is 21.6. The van der Waals surface area contributed by atoms with Crippen molar-refractivity contribution in [3.8, 4) is 0 Å². The fraction of sp³-hybridized carbons (Fsp3) is 0.788. The molecule has 1 rings (SSSR count). The number of unbranched alkanes of at least 4 members (excludes halogenated alkanes) is 18. The third-order valence-corrected chi connectivity index (χ3v) is 7.21. The fourth-order valence-electron chi connectivity index (χ4n) is 4.69. The highest BCUT2D eigenvalue weighted by molar-refractivity contribution is 6.00. The summed E-state index contributed by atoms with van der Waals surface area (Å²) in [4.78, 5) is 14.5. The summed E-state index contributed by atoms with van der Waals surface area (Å²) in [5, 5.41) is 0. The molecule has 1 aromatic rings. The Bertz CT molecular complexity index is 637. The van der Waals surface area contributed by atoms with Gasteiger partial charge in [0.05, 0.1) is 22.8 Å². The number of rotatable bonds is 24. The second-order valence-electron chi connectivity index (χ2n) is 10.7. The lowest BCUT2D eigenvalue weighted by molar-refractivity contribution is 0.558. The van der Waals surface area contributed by atoms with Crippen LogP contribution in [0.3, 0.4) is 0 Å². The Morgan fingerprint density at radius 1 is 0.500 bits per heavy atom. The number of pyridine rings is 1. The van der Waals surface area contributed by atoms with E-state index in [9.17, 15) is 0 Å². The van der Waals surface area contributed by atoms with Crippen molar-refractivity contribution < 1.29 is 0 Å². The van der Waals surface area contributed by atoms with E-state index in [-0.39, 0.29) is 0 Å². The Morgan fingerprint density at radius 3 is 1.14 bits per heavy atom. The second kappa shape index (κ2) is 23.9. The van der Waals surface area contributed by atoms with Crippen molar-refractivity contribution in [2.75, 3.05) is 13.1 Å². The first-order valence-corrected chi connectivity index (χ1v) is 15.7. The average molecular weight is 498 g/mol. The van der Waals surface area contributed by atoms with E-state index in [1.807, 2.05) is 0 Å². The fourth-order valence-corrected chi connectivity index (χ4v) is 4.69. The van der Waals surface area contributed by atoms with Crippen molar-refractivity contribution in [3.63, 3.8) is 0 Å². The molecule has 36 heavy (non-hydrogen) atoms. The van der Waals surface area contributed by atoms with Gasteiger partial charge >= 0.3 is 0 Å². The Labute approximate surface area is 225 Å². The Balaban J connectivity index is 2.20. The first-order valence-electron chi connectivity index (χ1n) is 15.7. The summed E-state index contributed by atoms with van der Waals surface area (Å²) in [6, 6.07) is 6.25. The minimum atomic E-state index is 0.917. The van der Waals surface area contributed by atoms with Crippen LogP contribution in [0.1, 0.15) is 167 Å². The van der Waals surface area contributed by atoms with Crippen molar-refractivity contribution in [1.29, 1.82) is 0 Å². The van der Waals surface area contributed by atoms with Gasteiger partial charge in [-0.05, 0) is 38.8 Å². The molecule has 0 saturated heterocycles. The summed E-state index contributed by atoms with van der Waals surface area (Å²) in [5.41, 5.74) is 4.09. The average Bonchev–Trinajstić information content (AvgIpc) is 2.90. The molecule has 0 aliphatic heterocycles. The highest BCUT2D eigenvalue weighted by atomic mass is 14.8. The van der Waals surface area contributed by atoms with Gasteiger partial charge in [0.25, 0.3) is 0 Å². The second-order valence-corrected chi connectivity index (χ2v) is 10.7. The van der Waals surface area contributed by atoms with E-state index in [4.69, 9.17) is 15.0 Å². The maximum atomic E-state index is 4.85. The van der Waals surface area contributed by atoms with E-state index in [2.05, 4.69) is 45.9 Å². The molecule has 206 valence electrons. The Hall–Kier alpha value is -1.51. The van der Waals surface area contributed by atoms with Gasteiger partial charge in [-0.1, -0.05) is 135 Å². The van der Waals surface area contributed by atoms with Crippen LogP contribution in [0, 0.1) is 0 Å². The largest absolute Gasteiger partial charge is 0.288 e. The molecule has 3 heteroatoms. The standard InChI is InChI=1S/C33H59N3/c1-5-7-9-11-13-15-17-19-21-23-28-34-30(3)32-26-25-27-33(36-32)31(4)35-29-24-22-20-18-16-14-12-10-8-6-2/h25-27H,5-24,28-29H2,1-4H3. The van der Waals surface area contributed by atoms with E-state index >= 15 is 0 Å². The van der Waals surface area contributed by atoms with Gasteiger partial charge in [0.2, 0.25) is 0 Å². The van der Waals surface area contributed by atoms with Gasteiger partial charge in [0.15, 0.2) is 0 Å². The van der Waals surface area contributed by atoms with Crippen molar-refractivity contribution in [3.05, 3.63) is 29.6 Å². The maximum absolute atomic E-state index is 4.85. The molecular weight excluding hydrogens is 438 g/mol. The molecule has 0 spiro atoms. The van der Waals surface area contributed by atoms with E-state index in [1.165, 1.54) is 128 Å². The highest BCUT2D eigenvalue weighted by Gasteiger charge is 2.04. The van der Waals surface area contributed by atoms with Crippen molar-refractivity contribution in [2.24, 2.45) is 9.98 Å². The molecule has 0 atom stereocenters. The van der Waals surface area contributed by atoms with Crippen LogP contribution in [-0.4, -0.2) is 29.5 Å². The molecule has 0 aliphatic rings. The summed E-state index contributed by atoms with van der Waals surface area (Å²) >= 11 is 0. The number of hydrogen-bond donors (Lipinski definition) is 0. The van der Waals surface area contributed by atoms with Crippen LogP contribution in [-0.2, 0) is 0 Å². The van der Waals surface area contributed by atoms with Gasteiger partial charge in [-0.3, -0.25) is 9.98 Å². The monoisotopic (exact) mass is 497 g/mol. The van der Waals surface area contributed by atoms with Crippen LogP contribution in [0.15, 0.2) is 28.2 Å². The molecule has 0 unspecified atom stereocenters. The molecule has 0 radical (unpaired) electrons. The van der Waals surface area contributed by atoms with Gasteiger partial charge in [-0.15, -0.1) is 0 Å². The Morgan fingerprint density at radius 2 is 0.806 bits per heavy atom. The van der Waals surface area contributed by atoms with Crippen molar-refractivity contribution in [2.45, 2.75) is 156 Å². The molecule has 0 fully saturated rings. The molecule has 0 aromatic carbocycles. The SMILES string of the molecule is CCCCCCCCCCCCN=C(C)c1cccc(C(C)=NCCCCCCCCCCCC)n1. The minimum Gasteiger partial charge on any atom is -0.288 e. The molecule has 0 aliphatic carbocycles. The molecule has 0 saturated carbocycles. The summed E-state index contributed by atoms with van der Waals surface area (Å²) in [7, 11) is 0. The first kappa shape index (κ1) is 32.5. The number of aromatic nitrogens is 1. The molecule has 1 heterocycles. The first-order chi connectivity index (χ1) is 17.7. The third kappa shape index (κ3) is 17.8. The van der Waals surface area contributed by atoms with E-state index in [0.717, 1.165) is 35.9 Å². The zero-order chi connectivity index (χ0) is 26.1. The van der Waals surface area contributed by atoms with Crippen LogP contribution in [0.4, 0.5) is 0 Å². The van der Waals surface area contributed by atoms with Crippen molar-refractivity contribution >= 4 is 11.4 Å². The summed E-state index contributed by atoms with van der Waals surface area (Å²) in [5.74, 6) is 0. The van der Waals surface area contributed by atoms with Gasteiger partial charge in [-0.25, -0.2) is 4.98 Å². The van der Waals surface area contributed by atoms with E-state index in [1.54, 1.807) is 0 Å². The predicted octanol–water partition coefficient (Wildman–Crippen LogP) is 10.5. The van der Waals surface area contributed by atoms with E-state index < -0.39 is 0 Å². The van der Waals surface area contributed by atoms with Crippen LogP contribution >= 0.6 is 0 Å². The minimum absolute atomic E-state index is 0.917. The van der Waals surface area contributed by atoms with Crippen LogP contribution in [0.25, 0.3) is 0 Å². The van der Waals surface area contributed by atoms with Crippen molar-refractivity contribution in [1.82, 2.24) is 4.98 Å². The lowest BCUT2D eigenvalue weighted by atomic mass is 10.1. The molecule has 0 N–H and O–H groups in total. The normalized spacial score (nSPS) is 12.4. The van der Waals surface area contributed by atoms with Gasteiger partial charge in [0, 0.05) is 13.1 Å². The van der Waals surface area contributed by atoms with Crippen LogP contribution in [0.5, 0.6) is 0 Å². The lowest BCUT2D eigenvalue weighted by Crippen LogP contribution is -2.06. The molecule has 1 aromatic heterocycles. The topological polar surface area (TPSA) is 37.6 Å². The van der Waals surface area contributed by atoms with E-state index in [0.29, 0.717) is 0 Å². The third-order valence-electron chi connectivity index (χ3n) is 7.21. The summed E-state index contributed by atoms with van der Waals surface area (Å²) in [6.07, 6.45) is 27.3. The molecule has 0 amide bonds. The quantitative estimate of drug-likeness (QED) is 0.103. The predicted molar refractivity (Wildman–Crippen MR) is 162 cm³/mol.